The van der Waals surface area contributed by atoms with E-state index in [0.29, 0.717) is 5.56 Å². The molecule has 2 atom stereocenters. The zero-order valence-corrected chi connectivity index (χ0v) is 16.0. The summed E-state index contributed by atoms with van der Waals surface area (Å²) in [5.41, 5.74) is 0.576. The van der Waals surface area contributed by atoms with E-state index in [2.05, 4.69) is 5.32 Å². The van der Waals surface area contributed by atoms with Crippen molar-refractivity contribution in [2.24, 2.45) is 0 Å². The van der Waals surface area contributed by atoms with Gasteiger partial charge >= 0.3 is 6.09 Å². The summed E-state index contributed by atoms with van der Waals surface area (Å²) in [5.74, 6) is 0. The molecule has 0 aliphatic heterocycles. The molecule has 0 saturated heterocycles. The molecule has 1 amide bonds. The molecule has 2 rings (SSSR count). The quantitative estimate of drug-likeness (QED) is 0.398. The Balaban J connectivity index is 2.00. The van der Waals surface area contributed by atoms with E-state index in [0.717, 1.165) is 0 Å². The van der Waals surface area contributed by atoms with Crippen LogP contribution in [0, 0.1) is 10.1 Å². The minimum atomic E-state index is -1.91. The number of nitro benzene ring substituents is 1. The molecule has 2 aromatic rings. The lowest BCUT2D eigenvalue weighted by atomic mass is 10.1. The van der Waals surface area contributed by atoms with Crippen LogP contribution in [0.5, 0.6) is 0 Å². The van der Waals surface area contributed by atoms with Gasteiger partial charge in [0, 0.05) is 12.1 Å². The third kappa shape index (κ3) is 6.25. The van der Waals surface area contributed by atoms with E-state index in [-0.39, 0.29) is 17.8 Å². The molecule has 0 fully saturated rings. The lowest BCUT2D eigenvalue weighted by molar-refractivity contribution is -0.385. The maximum Gasteiger partial charge on any atom is 0.408 e. The molecule has 2 N–H and O–H groups in total. The molecule has 144 valence electrons. The van der Waals surface area contributed by atoms with Crippen LogP contribution in [0.15, 0.2) is 54.6 Å². The van der Waals surface area contributed by atoms with Gasteiger partial charge in [0.25, 0.3) is 5.69 Å². The highest BCUT2D eigenvalue weighted by Crippen LogP contribution is 2.42. The fourth-order valence-electron chi connectivity index (χ4n) is 2.24. The molecule has 0 aromatic heterocycles. The van der Waals surface area contributed by atoms with Crippen LogP contribution in [0.25, 0.3) is 0 Å². The second-order valence-electron chi connectivity index (χ2n) is 5.49. The van der Waals surface area contributed by atoms with Crippen LogP contribution < -0.4 is 5.32 Å². The summed E-state index contributed by atoms with van der Waals surface area (Å²) in [4.78, 5) is 22.3. The zero-order chi connectivity index (χ0) is 20.0. The van der Waals surface area contributed by atoms with Crippen LogP contribution in [-0.4, -0.2) is 26.5 Å². The molecule has 27 heavy (non-hydrogen) atoms. The second-order valence-corrected chi connectivity index (χ2v) is 7.86. The molecule has 0 radical (unpaired) electrons. The molecule has 0 saturated carbocycles. The number of amides is 1. The predicted octanol–water partition coefficient (Wildman–Crippen LogP) is 4.47. The van der Waals surface area contributed by atoms with Gasteiger partial charge in [-0.25, -0.2) is 4.79 Å². The second kappa shape index (κ2) is 9.23. The van der Waals surface area contributed by atoms with Crippen molar-refractivity contribution in [1.82, 2.24) is 5.32 Å². The molecule has 0 heterocycles. The van der Waals surface area contributed by atoms with E-state index in [1.165, 1.54) is 24.3 Å². The molecule has 0 bridgehead atoms. The molecular formula is C17H15Cl3N2O5. The number of halogens is 3. The van der Waals surface area contributed by atoms with E-state index in [9.17, 15) is 20.0 Å². The number of benzene rings is 2. The van der Waals surface area contributed by atoms with Crippen molar-refractivity contribution in [2.45, 2.75) is 16.0 Å². The summed E-state index contributed by atoms with van der Waals surface area (Å²) in [6.07, 6.45) is -3.27. The van der Waals surface area contributed by atoms with Gasteiger partial charge < -0.3 is 15.2 Å². The number of nitrogens with one attached hydrogen (secondary N) is 1. The van der Waals surface area contributed by atoms with Gasteiger partial charge in [-0.15, -0.1) is 0 Å². The van der Waals surface area contributed by atoms with Gasteiger partial charge in [0.1, 0.15) is 0 Å². The Morgan fingerprint density at radius 1 is 1.15 bits per heavy atom. The van der Waals surface area contributed by atoms with Crippen LogP contribution in [0.2, 0.25) is 0 Å². The maximum atomic E-state index is 12.1. The van der Waals surface area contributed by atoms with E-state index in [1.54, 1.807) is 30.3 Å². The van der Waals surface area contributed by atoms with Crippen molar-refractivity contribution in [2.75, 3.05) is 6.54 Å². The summed E-state index contributed by atoms with van der Waals surface area (Å²) >= 11 is 17.7. The average Bonchev–Trinajstić information content (AvgIpc) is 2.64. The van der Waals surface area contributed by atoms with Crippen molar-refractivity contribution in [1.29, 1.82) is 0 Å². The number of non-ortho nitro benzene ring substituents is 1. The normalized spacial score (nSPS) is 13.5. The van der Waals surface area contributed by atoms with Crippen LogP contribution in [0.4, 0.5) is 10.5 Å². The lowest BCUT2D eigenvalue weighted by Gasteiger charge is -2.25. The van der Waals surface area contributed by atoms with E-state index < -0.39 is 27.0 Å². The van der Waals surface area contributed by atoms with Crippen molar-refractivity contribution in [3.8, 4) is 0 Å². The first-order chi connectivity index (χ1) is 12.7. The third-order valence-corrected chi connectivity index (χ3v) is 4.12. The van der Waals surface area contributed by atoms with Gasteiger partial charge in [0.2, 0.25) is 3.79 Å². The summed E-state index contributed by atoms with van der Waals surface area (Å²) in [5, 5.41) is 23.2. The van der Waals surface area contributed by atoms with E-state index in [4.69, 9.17) is 39.5 Å². The predicted molar refractivity (Wildman–Crippen MR) is 102 cm³/mol. The van der Waals surface area contributed by atoms with Crippen LogP contribution in [0.3, 0.4) is 0 Å². The zero-order valence-electron chi connectivity index (χ0n) is 13.7. The molecule has 0 unspecified atom stereocenters. The van der Waals surface area contributed by atoms with Crippen molar-refractivity contribution >= 4 is 46.6 Å². The van der Waals surface area contributed by atoms with Crippen LogP contribution >= 0.6 is 34.8 Å². The molecule has 0 aliphatic rings. The molecule has 10 heteroatoms. The van der Waals surface area contributed by atoms with Crippen molar-refractivity contribution in [3.05, 3.63) is 75.8 Å². The van der Waals surface area contributed by atoms with Gasteiger partial charge in [-0.2, -0.15) is 0 Å². The Morgan fingerprint density at radius 3 is 2.37 bits per heavy atom. The topological polar surface area (TPSA) is 102 Å². The highest BCUT2D eigenvalue weighted by molar-refractivity contribution is 6.68. The Bertz CT molecular complexity index is 799. The Labute approximate surface area is 169 Å². The van der Waals surface area contributed by atoms with Gasteiger partial charge in [-0.1, -0.05) is 77.3 Å². The Morgan fingerprint density at radius 2 is 1.78 bits per heavy atom. The van der Waals surface area contributed by atoms with Gasteiger partial charge in [0.15, 0.2) is 6.10 Å². The average molecular weight is 434 g/mol. The van der Waals surface area contributed by atoms with Gasteiger partial charge in [-0.3, -0.25) is 10.1 Å². The Hall–Kier alpha value is -2.06. The van der Waals surface area contributed by atoms with Gasteiger partial charge in [-0.05, 0) is 11.1 Å². The summed E-state index contributed by atoms with van der Waals surface area (Å²) in [7, 11) is 0. The van der Waals surface area contributed by atoms with Crippen LogP contribution in [-0.2, 0) is 4.74 Å². The third-order valence-electron chi connectivity index (χ3n) is 3.53. The lowest BCUT2D eigenvalue weighted by Crippen LogP contribution is -2.33. The van der Waals surface area contributed by atoms with Gasteiger partial charge in [0.05, 0.1) is 17.6 Å². The first-order valence-corrected chi connectivity index (χ1v) is 8.80. The number of hydrogen-bond acceptors (Lipinski definition) is 5. The maximum absolute atomic E-state index is 12.1. The number of alkyl carbamates (subject to hydrolysis) is 1. The first-order valence-electron chi connectivity index (χ1n) is 7.67. The summed E-state index contributed by atoms with van der Waals surface area (Å²) < 4.78 is 3.28. The first kappa shape index (κ1) is 21.2. The summed E-state index contributed by atoms with van der Waals surface area (Å²) in [6, 6.07) is 13.9. The minimum absolute atomic E-state index is 0.172. The van der Waals surface area contributed by atoms with Crippen LogP contribution in [0.1, 0.15) is 23.3 Å². The van der Waals surface area contributed by atoms with E-state index in [1.807, 2.05) is 0 Å². The number of alkyl halides is 3. The number of nitro groups is 1. The SMILES string of the molecule is O=C(NC[C@H](O)c1cccc([N+](=O)[O-])c1)O[C@H](c1ccccc1)C(Cl)(Cl)Cl. The Kier molecular flexibility index (Phi) is 7.26. The molecule has 2 aromatic carbocycles. The number of nitrogens with zero attached hydrogens (tertiary/aromatic N) is 1. The number of aliphatic hydroxyl groups excluding tert-OH is 1. The highest BCUT2D eigenvalue weighted by Gasteiger charge is 2.37. The minimum Gasteiger partial charge on any atom is -0.437 e. The van der Waals surface area contributed by atoms with Crippen molar-refractivity contribution < 1.29 is 19.6 Å². The number of carbonyl (C=O) groups is 1. The number of hydrogen-bond donors (Lipinski definition) is 2. The standard InChI is InChI=1S/C17H15Cl3N2O5/c18-17(19,20)15(11-5-2-1-3-6-11)27-16(24)21-10-14(23)12-7-4-8-13(9-12)22(25)26/h1-9,14-15,23H,10H2,(H,21,24)/t14-,15+/m0/s1. The monoisotopic (exact) mass is 432 g/mol. The number of rotatable bonds is 6. The summed E-state index contributed by atoms with van der Waals surface area (Å²) in [6.45, 7) is -0.249. The largest absolute Gasteiger partial charge is 0.437 e. The smallest absolute Gasteiger partial charge is 0.408 e. The fraction of sp³-hybridized carbons (Fsp3) is 0.235. The number of ether oxygens (including phenoxy) is 1. The molecule has 7 nitrogen and oxygen atoms in total. The number of carbonyl (C=O) groups excluding carboxylic acids is 1. The molecular weight excluding hydrogens is 419 g/mol. The van der Waals surface area contributed by atoms with Crippen molar-refractivity contribution in [3.63, 3.8) is 0 Å². The number of aliphatic hydroxyl groups is 1. The molecule has 0 spiro atoms. The fourth-order valence-corrected chi connectivity index (χ4v) is 2.76. The highest BCUT2D eigenvalue weighted by atomic mass is 35.6. The molecule has 0 aliphatic carbocycles. The van der Waals surface area contributed by atoms with E-state index >= 15 is 0 Å².